The third-order valence-corrected chi connectivity index (χ3v) is 4.99. The lowest BCUT2D eigenvalue weighted by molar-refractivity contribution is -0.142. The molecule has 1 heterocycles. The molecule has 0 atom stereocenters. The largest absolute Gasteiger partial charge is 0.417 e. The number of alkyl halides is 6. The van der Waals surface area contributed by atoms with Gasteiger partial charge in [-0.15, -0.1) is 0 Å². The average molecular weight is 417 g/mol. The lowest BCUT2D eigenvalue weighted by Crippen LogP contribution is -2.29. The van der Waals surface area contributed by atoms with Crippen LogP contribution in [-0.4, -0.2) is 19.7 Å². The topological polar surface area (TPSA) is 21.3 Å². The molecular weight excluding hydrogens is 396 g/mol. The van der Waals surface area contributed by atoms with Crippen LogP contribution in [0.15, 0.2) is 42.5 Å². The minimum absolute atomic E-state index is 0.118. The summed E-state index contributed by atoms with van der Waals surface area (Å²) in [5.41, 5.74) is -2.82. The van der Waals surface area contributed by atoms with Crippen molar-refractivity contribution < 1.29 is 31.1 Å². The number of ether oxygens (including phenoxy) is 1. The van der Waals surface area contributed by atoms with Crippen molar-refractivity contribution in [2.45, 2.75) is 31.8 Å². The highest BCUT2D eigenvalue weighted by molar-refractivity contribution is 5.72. The van der Waals surface area contributed by atoms with Gasteiger partial charge >= 0.3 is 12.4 Å². The Kier molecular flexibility index (Phi) is 6.53. The van der Waals surface area contributed by atoms with Crippen LogP contribution < -0.4 is 5.32 Å². The molecule has 0 bridgehead atoms. The molecule has 0 aromatic heterocycles. The zero-order valence-corrected chi connectivity index (χ0v) is 15.5. The van der Waals surface area contributed by atoms with Crippen molar-refractivity contribution in [1.29, 1.82) is 0 Å². The molecule has 1 saturated heterocycles. The maximum Gasteiger partial charge on any atom is 0.417 e. The third-order valence-electron chi connectivity index (χ3n) is 4.99. The Morgan fingerprint density at radius 3 is 2.14 bits per heavy atom. The van der Waals surface area contributed by atoms with Gasteiger partial charge in [0.05, 0.1) is 17.7 Å². The van der Waals surface area contributed by atoms with Gasteiger partial charge in [-0.2, -0.15) is 26.3 Å². The molecule has 1 fully saturated rings. The van der Waals surface area contributed by atoms with Gasteiger partial charge in [0, 0.05) is 6.61 Å². The van der Waals surface area contributed by atoms with Gasteiger partial charge in [-0.3, -0.25) is 0 Å². The molecule has 0 saturated carbocycles. The summed E-state index contributed by atoms with van der Waals surface area (Å²) in [5.74, 6) is 0.240. The average Bonchev–Trinajstić information content (AvgIpc) is 2.67. The van der Waals surface area contributed by atoms with E-state index in [-0.39, 0.29) is 35.3 Å². The number of benzene rings is 2. The van der Waals surface area contributed by atoms with Crippen molar-refractivity contribution in [3.05, 3.63) is 59.2 Å². The summed E-state index contributed by atoms with van der Waals surface area (Å²) in [6, 6.07) is 8.58. The molecule has 2 aromatic rings. The third kappa shape index (κ3) is 5.51. The van der Waals surface area contributed by atoms with Crippen LogP contribution in [0.25, 0.3) is 11.1 Å². The second-order valence-corrected chi connectivity index (χ2v) is 7.13. The van der Waals surface area contributed by atoms with Crippen LogP contribution in [0.3, 0.4) is 0 Å². The first kappa shape index (κ1) is 21.6. The van der Waals surface area contributed by atoms with Crippen LogP contribution in [0.2, 0.25) is 0 Å². The van der Waals surface area contributed by atoms with Crippen molar-refractivity contribution in [2.75, 3.05) is 19.7 Å². The number of hydrogen-bond acceptors (Lipinski definition) is 2. The highest BCUT2D eigenvalue weighted by Gasteiger charge is 2.39. The minimum Gasteiger partial charge on any atom is -0.376 e. The lowest BCUT2D eigenvalue weighted by Gasteiger charge is -2.24. The molecule has 0 aliphatic carbocycles. The second kappa shape index (κ2) is 8.75. The Morgan fingerprint density at radius 2 is 1.55 bits per heavy atom. The van der Waals surface area contributed by atoms with E-state index in [1.807, 2.05) is 0 Å². The summed E-state index contributed by atoms with van der Waals surface area (Å²) in [6.07, 6.45) is -8.10. The van der Waals surface area contributed by atoms with E-state index in [2.05, 4.69) is 5.32 Å². The van der Waals surface area contributed by atoms with Crippen LogP contribution >= 0.6 is 0 Å². The monoisotopic (exact) mass is 417 g/mol. The Hall–Kier alpha value is -2.06. The first-order chi connectivity index (χ1) is 13.7. The summed E-state index contributed by atoms with van der Waals surface area (Å²) in [5, 5.41) is 3.20. The van der Waals surface area contributed by atoms with E-state index in [9.17, 15) is 26.3 Å². The van der Waals surface area contributed by atoms with E-state index in [0.717, 1.165) is 32.0 Å². The van der Waals surface area contributed by atoms with Crippen molar-refractivity contribution in [3.8, 4) is 11.1 Å². The smallest absolute Gasteiger partial charge is 0.376 e. The highest BCUT2D eigenvalue weighted by atomic mass is 19.4. The lowest BCUT2D eigenvalue weighted by atomic mass is 9.91. The van der Waals surface area contributed by atoms with Gasteiger partial charge in [0.25, 0.3) is 0 Å². The fourth-order valence-corrected chi connectivity index (χ4v) is 3.53. The van der Waals surface area contributed by atoms with Gasteiger partial charge in [0.15, 0.2) is 0 Å². The zero-order chi connectivity index (χ0) is 21.1. The molecule has 0 unspecified atom stereocenters. The molecular formula is C21H21F6NO. The summed E-state index contributed by atoms with van der Waals surface area (Å²) >= 11 is 0. The van der Waals surface area contributed by atoms with Crippen LogP contribution in [0.1, 0.15) is 29.5 Å². The predicted molar refractivity (Wildman–Crippen MR) is 97.1 cm³/mol. The molecule has 1 N–H and O–H groups in total. The summed E-state index contributed by atoms with van der Waals surface area (Å²) in [4.78, 5) is 0. The molecule has 2 aromatic carbocycles. The van der Waals surface area contributed by atoms with Gasteiger partial charge in [-0.1, -0.05) is 30.3 Å². The maximum absolute atomic E-state index is 13.7. The van der Waals surface area contributed by atoms with E-state index in [4.69, 9.17) is 4.74 Å². The first-order valence-electron chi connectivity index (χ1n) is 9.31. The van der Waals surface area contributed by atoms with Crippen molar-refractivity contribution >= 4 is 0 Å². The molecule has 0 amide bonds. The molecule has 29 heavy (non-hydrogen) atoms. The highest BCUT2D eigenvalue weighted by Crippen LogP contribution is 2.43. The van der Waals surface area contributed by atoms with Crippen LogP contribution in [0.4, 0.5) is 26.3 Å². The first-order valence-corrected chi connectivity index (χ1v) is 9.31. The quantitative estimate of drug-likeness (QED) is 0.611. The Balaban J connectivity index is 2.00. The van der Waals surface area contributed by atoms with Gasteiger partial charge in [-0.25, -0.2) is 0 Å². The van der Waals surface area contributed by atoms with E-state index < -0.39 is 23.5 Å². The van der Waals surface area contributed by atoms with Gasteiger partial charge < -0.3 is 10.1 Å². The van der Waals surface area contributed by atoms with Gasteiger partial charge in [-0.05, 0) is 60.7 Å². The number of piperidine rings is 1. The molecule has 0 radical (unpaired) electrons. The molecule has 3 rings (SSSR count). The van der Waals surface area contributed by atoms with Crippen LogP contribution in [0, 0.1) is 5.92 Å². The molecule has 1 aliphatic rings. The molecule has 8 heteroatoms. The SMILES string of the molecule is FC(F)(F)c1cc(COCC2CCNCC2)c(-c2ccccc2)c(C(F)(F)F)c1. The van der Waals surface area contributed by atoms with E-state index in [1.165, 1.54) is 12.1 Å². The second-order valence-electron chi connectivity index (χ2n) is 7.13. The standard InChI is InChI=1S/C21H21F6NO/c22-20(23,24)17-10-16(13-29-12-14-6-8-28-9-7-14)19(15-4-2-1-3-5-15)18(11-17)21(25,26)27/h1-5,10-11,14,28H,6-9,12-13H2. The zero-order valence-electron chi connectivity index (χ0n) is 15.5. The fourth-order valence-electron chi connectivity index (χ4n) is 3.53. The Bertz CT molecular complexity index is 810. The predicted octanol–water partition coefficient (Wildman–Crippen LogP) is 5.91. The fraction of sp³-hybridized carbons (Fsp3) is 0.429. The van der Waals surface area contributed by atoms with Crippen molar-refractivity contribution in [3.63, 3.8) is 0 Å². The van der Waals surface area contributed by atoms with E-state index >= 15 is 0 Å². The summed E-state index contributed by atoms with van der Waals surface area (Å²) in [6.45, 7) is 1.63. The van der Waals surface area contributed by atoms with Crippen molar-refractivity contribution in [2.24, 2.45) is 5.92 Å². The minimum atomic E-state index is -4.93. The number of rotatable bonds is 5. The Morgan fingerprint density at radius 1 is 0.897 bits per heavy atom. The van der Waals surface area contributed by atoms with Gasteiger partial charge in [0.1, 0.15) is 0 Å². The molecule has 158 valence electrons. The summed E-state index contributed by atoms with van der Waals surface area (Å²) < 4.78 is 86.4. The van der Waals surface area contributed by atoms with E-state index in [1.54, 1.807) is 18.2 Å². The Labute approximate surface area is 164 Å². The number of nitrogens with one attached hydrogen (secondary N) is 1. The van der Waals surface area contributed by atoms with Crippen molar-refractivity contribution in [1.82, 2.24) is 5.32 Å². The molecule has 2 nitrogen and oxygen atoms in total. The maximum atomic E-state index is 13.7. The number of halogens is 6. The number of hydrogen-bond donors (Lipinski definition) is 1. The van der Waals surface area contributed by atoms with E-state index in [0.29, 0.717) is 6.61 Å². The van der Waals surface area contributed by atoms with Crippen LogP contribution in [-0.2, 0) is 23.7 Å². The van der Waals surface area contributed by atoms with Gasteiger partial charge in [0.2, 0.25) is 0 Å². The molecule has 0 spiro atoms. The summed E-state index contributed by atoms with van der Waals surface area (Å²) in [7, 11) is 0. The molecule has 1 aliphatic heterocycles. The van der Waals surface area contributed by atoms with Crippen LogP contribution in [0.5, 0.6) is 0 Å². The normalized spacial score (nSPS) is 16.2.